The van der Waals surface area contributed by atoms with Crippen LogP contribution in [-0.4, -0.2) is 7.05 Å². The lowest BCUT2D eigenvalue weighted by Gasteiger charge is -2.21. The molecule has 1 atom stereocenters. The van der Waals surface area contributed by atoms with E-state index in [1.54, 1.807) is 7.05 Å². The Morgan fingerprint density at radius 3 is 2.15 bits per heavy atom. The number of hydrogen-bond donors (Lipinski definition) is 1. The molecule has 0 aliphatic carbocycles. The van der Waals surface area contributed by atoms with Crippen molar-refractivity contribution in [1.29, 1.82) is 0 Å². The zero-order valence-electron chi connectivity index (χ0n) is 12.2. The van der Waals surface area contributed by atoms with Crippen molar-refractivity contribution in [1.82, 2.24) is 5.32 Å². The maximum atomic E-state index is 14.0. The zero-order valence-corrected chi connectivity index (χ0v) is 12.2. The quantitative estimate of drug-likeness (QED) is 0.885. The van der Waals surface area contributed by atoms with E-state index < -0.39 is 11.6 Å². The van der Waals surface area contributed by atoms with Gasteiger partial charge in [0.25, 0.3) is 0 Å². The first-order chi connectivity index (χ1) is 9.43. The van der Waals surface area contributed by atoms with Gasteiger partial charge in [0, 0.05) is 5.56 Å². The summed E-state index contributed by atoms with van der Waals surface area (Å²) in [4.78, 5) is 0. The van der Waals surface area contributed by atoms with Crippen LogP contribution in [0.1, 0.15) is 33.9 Å². The van der Waals surface area contributed by atoms with Crippen molar-refractivity contribution >= 4 is 0 Å². The summed E-state index contributed by atoms with van der Waals surface area (Å²) in [6, 6.07) is 7.32. The number of halogens is 2. The van der Waals surface area contributed by atoms with Crippen molar-refractivity contribution < 1.29 is 8.78 Å². The third-order valence-corrected chi connectivity index (χ3v) is 3.75. The van der Waals surface area contributed by atoms with Crippen LogP contribution in [0.15, 0.2) is 30.3 Å². The number of rotatable bonds is 3. The summed E-state index contributed by atoms with van der Waals surface area (Å²) in [6.45, 7) is 6.06. The summed E-state index contributed by atoms with van der Waals surface area (Å²) in [6.07, 6.45) is 0. The van der Waals surface area contributed by atoms with Crippen molar-refractivity contribution in [3.8, 4) is 0 Å². The second kappa shape index (κ2) is 5.71. The van der Waals surface area contributed by atoms with Gasteiger partial charge in [0.15, 0.2) is 0 Å². The Kier molecular flexibility index (Phi) is 4.19. The highest BCUT2D eigenvalue weighted by Crippen LogP contribution is 2.29. The molecule has 2 rings (SSSR count). The van der Waals surface area contributed by atoms with E-state index in [9.17, 15) is 8.78 Å². The Labute approximate surface area is 118 Å². The van der Waals surface area contributed by atoms with E-state index in [4.69, 9.17) is 0 Å². The summed E-state index contributed by atoms with van der Waals surface area (Å²) in [7, 11) is 1.75. The molecular weight excluding hydrogens is 256 g/mol. The van der Waals surface area contributed by atoms with Gasteiger partial charge in [-0.3, -0.25) is 0 Å². The molecule has 0 radical (unpaired) electrons. The fourth-order valence-electron chi connectivity index (χ4n) is 2.51. The summed E-state index contributed by atoms with van der Waals surface area (Å²) < 4.78 is 27.4. The van der Waals surface area contributed by atoms with Crippen LogP contribution in [0.5, 0.6) is 0 Å². The van der Waals surface area contributed by atoms with Crippen LogP contribution in [0.2, 0.25) is 0 Å². The molecule has 1 nitrogen and oxygen atoms in total. The fourth-order valence-corrected chi connectivity index (χ4v) is 2.51. The van der Waals surface area contributed by atoms with Crippen LogP contribution in [0.25, 0.3) is 0 Å². The molecule has 0 aliphatic heterocycles. The molecule has 0 heterocycles. The van der Waals surface area contributed by atoms with E-state index in [2.05, 4.69) is 11.4 Å². The molecule has 1 N–H and O–H groups in total. The number of hydrogen-bond acceptors (Lipinski definition) is 1. The van der Waals surface area contributed by atoms with Gasteiger partial charge in [0.05, 0.1) is 6.04 Å². The molecule has 0 aliphatic rings. The molecule has 106 valence electrons. The predicted octanol–water partition coefficient (Wildman–Crippen LogP) is 4.20. The standard InChI is InChI=1S/C17H19F2N/c1-10-7-12(3)14(8-11(10)2)17(20-4)15-9-13(18)5-6-16(15)19/h5-9,17,20H,1-4H3. The van der Waals surface area contributed by atoms with Gasteiger partial charge < -0.3 is 5.32 Å². The minimum atomic E-state index is -0.428. The Bertz CT molecular complexity index is 635. The minimum absolute atomic E-state index is 0.332. The van der Waals surface area contributed by atoms with E-state index >= 15 is 0 Å². The second-order valence-electron chi connectivity index (χ2n) is 5.18. The topological polar surface area (TPSA) is 12.0 Å². The first kappa shape index (κ1) is 14.7. The van der Waals surface area contributed by atoms with Gasteiger partial charge in [0.1, 0.15) is 11.6 Å². The normalized spacial score (nSPS) is 12.5. The molecule has 2 aromatic rings. The molecular formula is C17H19F2N. The smallest absolute Gasteiger partial charge is 0.128 e. The molecule has 0 saturated heterocycles. The predicted molar refractivity (Wildman–Crippen MR) is 77.9 cm³/mol. The van der Waals surface area contributed by atoms with Crippen LogP contribution in [-0.2, 0) is 0 Å². The molecule has 0 bridgehead atoms. The summed E-state index contributed by atoms with van der Waals surface area (Å²) in [5, 5.41) is 3.08. The van der Waals surface area contributed by atoms with Crippen LogP contribution in [0, 0.1) is 32.4 Å². The summed E-state index contributed by atoms with van der Waals surface area (Å²) in [5.74, 6) is -0.827. The maximum Gasteiger partial charge on any atom is 0.128 e. The monoisotopic (exact) mass is 275 g/mol. The van der Waals surface area contributed by atoms with E-state index in [0.29, 0.717) is 5.56 Å². The average Bonchev–Trinajstić information content (AvgIpc) is 2.40. The van der Waals surface area contributed by atoms with Crippen molar-refractivity contribution in [3.05, 3.63) is 69.8 Å². The van der Waals surface area contributed by atoms with Gasteiger partial charge in [-0.1, -0.05) is 12.1 Å². The third-order valence-electron chi connectivity index (χ3n) is 3.75. The van der Waals surface area contributed by atoms with Crippen LogP contribution < -0.4 is 5.32 Å². The maximum absolute atomic E-state index is 14.0. The molecule has 0 fully saturated rings. The Morgan fingerprint density at radius 2 is 1.50 bits per heavy atom. The minimum Gasteiger partial charge on any atom is -0.309 e. The van der Waals surface area contributed by atoms with Gasteiger partial charge in [-0.25, -0.2) is 8.78 Å². The largest absolute Gasteiger partial charge is 0.309 e. The van der Waals surface area contributed by atoms with Crippen molar-refractivity contribution in [2.24, 2.45) is 0 Å². The highest BCUT2D eigenvalue weighted by molar-refractivity contribution is 5.42. The fraction of sp³-hybridized carbons (Fsp3) is 0.294. The van der Waals surface area contributed by atoms with Crippen molar-refractivity contribution in [2.75, 3.05) is 7.05 Å². The molecule has 2 aromatic carbocycles. The van der Waals surface area contributed by atoms with Gasteiger partial charge in [-0.2, -0.15) is 0 Å². The lowest BCUT2D eigenvalue weighted by molar-refractivity contribution is 0.557. The van der Waals surface area contributed by atoms with Crippen LogP contribution in [0.3, 0.4) is 0 Å². The van der Waals surface area contributed by atoms with Crippen LogP contribution >= 0.6 is 0 Å². The lowest BCUT2D eigenvalue weighted by atomic mass is 9.91. The third kappa shape index (κ3) is 2.73. The van der Waals surface area contributed by atoms with Crippen LogP contribution in [0.4, 0.5) is 8.78 Å². The Hall–Kier alpha value is -1.74. The van der Waals surface area contributed by atoms with E-state index in [1.807, 2.05) is 26.8 Å². The van der Waals surface area contributed by atoms with Gasteiger partial charge in [0.2, 0.25) is 0 Å². The highest BCUT2D eigenvalue weighted by atomic mass is 19.1. The first-order valence-electron chi connectivity index (χ1n) is 6.64. The molecule has 1 unspecified atom stereocenters. The average molecular weight is 275 g/mol. The first-order valence-corrected chi connectivity index (χ1v) is 6.64. The van der Waals surface area contributed by atoms with E-state index in [0.717, 1.165) is 22.8 Å². The Morgan fingerprint density at radius 1 is 0.850 bits per heavy atom. The number of benzene rings is 2. The second-order valence-corrected chi connectivity index (χ2v) is 5.18. The molecule has 0 spiro atoms. The molecule has 0 amide bonds. The van der Waals surface area contributed by atoms with Gasteiger partial charge in [-0.05, 0) is 68.3 Å². The van der Waals surface area contributed by atoms with Gasteiger partial charge in [-0.15, -0.1) is 0 Å². The van der Waals surface area contributed by atoms with E-state index in [-0.39, 0.29) is 6.04 Å². The van der Waals surface area contributed by atoms with E-state index in [1.165, 1.54) is 17.7 Å². The summed E-state index contributed by atoms with van der Waals surface area (Å²) >= 11 is 0. The van der Waals surface area contributed by atoms with Crippen molar-refractivity contribution in [2.45, 2.75) is 26.8 Å². The molecule has 0 saturated carbocycles. The van der Waals surface area contributed by atoms with Crippen molar-refractivity contribution in [3.63, 3.8) is 0 Å². The highest BCUT2D eigenvalue weighted by Gasteiger charge is 2.19. The Balaban J connectivity index is 2.58. The SMILES string of the molecule is CNC(c1cc(C)c(C)cc1C)c1cc(F)ccc1F. The molecule has 3 heteroatoms. The number of aryl methyl sites for hydroxylation is 3. The summed E-state index contributed by atoms with van der Waals surface area (Å²) in [5.41, 5.74) is 4.71. The zero-order chi connectivity index (χ0) is 14.9. The molecule has 20 heavy (non-hydrogen) atoms. The van der Waals surface area contributed by atoms with Gasteiger partial charge >= 0.3 is 0 Å². The number of nitrogens with one attached hydrogen (secondary N) is 1. The lowest BCUT2D eigenvalue weighted by Crippen LogP contribution is -2.20. The molecule has 0 aromatic heterocycles.